The van der Waals surface area contributed by atoms with E-state index < -0.39 is 44.3 Å². The topological polar surface area (TPSA) is 126 Å². The van der Waals surface area contributed by atoms with Gasteiger partial charge in [0.2, 0.25) is 0 Å². The summed E-state index contributed by atoms with van der Waals surface area (Å²) in [6.07, 6.45) is 2.29. The predicted octanol–water partition coefficient (Wildman–Crippen LogP) is 4.08. The zero-order valence-electron chi connectivity index (χ0n) is 19.3. The van der Waals surface area contributed by atoms with Crippen LogP contribution in [0.15, 0.2) is 47.5 Å². The molecule has 1 N–H and O–H groups in total. The summed E-state index contributed by atoms with van der Waals surface area (Å²) in [4.78, 5) is 42.6. The number of nitrogens with one attached hydrogen (secondary N) is 1. The van der Waals surface area contributed by atoms with Crippen molar-refractivity contribution in [3.05, 3.63) is 48.2 Å². The highest BCUT2D eigenvalue weighted by molar-refractivity contribution is 7.92. The van der Waals surface area contributed by atoms with Crippen LogP contribution in [0.4, 0.5) is 34.3 Å². The normalized spacial score (nSPS) is 16.4. The van der Waals surface area contributed by atoms with Crippen LogP contribution in [-0.2, 0) is 25.9 Å². The zero-order chi connectivity index (χ0) is 26.7. The number of unbranched alkanes of at least 4 members (excludes halogenated alkanes) is 1. The van der Waals surface area contributed by atoms with Crippen LogP contribution in [0.25, 0.3) is 0 Å². The van der Waals surface area contributed by atoms with Gasteiger partial charge >= 0.3 is 17.6 Å². The van der Waals surface area contributed by atoms with Gasteiger partial charge in [0.25, 0.3) is 15.7 Å². The molecule has 1 aliphatic rings. The molecule has 1 aromatic carbocycles. The lowest BCUT2D eigenvalue weighted by molar-refractivity contribution is -0.119. The van der Waals surface area contributed by atoms with E-state index in [1.807, 2.05) is 6.92 Å². The molecule has 1 atom stereocenters. The van der Waals surface area contributed by atoms with E-state index in [1.165, 1.54) is 24.1 Å². The number of benzene rings is 1. The van der Waals surface area contributed by atoms with Crippen molar-refractivity contribution in [2.24, 2.45) is 0 Å². The summed E-state index contributed by atoms with van der Waals surface area (Å²) in [7, 11) is -5.57. The minimum Gasteiger partial charge on any atom is -0.449 e. The molecule has 10 nitrogen and oxygen atoms in total. The van der Waals surface area contributed by atoms with Gasteiger partial charge in [-0.25, -0.2) is 27.9 Å². The van der Waals surface area contributed by atoms with Crippen molar-refractivity contribution in [3.8, 4) is 0 Å². The van der Waals surface area contributed by atoms with E-state index >= 15 is 0 Å². The van der Waals surface area contributed by atoms with Gasteiger partial charge in [-0.3, -0.25) is 10.1 Å². The Morgan fingerprint density at radius 3 is 2.44 bits per heavy atom. The number of pyridine rings is 1. The number of ether oxygens (including phenoxy) is 1. The van der Waals surface area contributed by atoms with Crippen LogP contribution in [0, 0.1) is 0 Å². The fraction of sp³-hybridized carbons (Fsp3) is 0.364. The van der Waals surface area contributed by atoms with Crippen molar-refractivity contribution >= 4 is 39.4 Å². The third kappa shape index (κ3) is 5.58. The first-order valence-corrected chi connectivity index (χ1v) is 12.3. The molecular weight excluding hydrogens is 505 g/mol. The number of amides is 4. The molecular formula is C22H23F3N4O6S. The summed E-state index contributed by atoms with van der Waals surface area (Å²) < 4.78 is 66.5. The summed E-state index contributed by atoms with van der Waals surface area (Å²) in [5, 5.41) is 2.48. The Bertz CT molecular complexity index is 1250. The number of carbonyl (C=O) groups is 3. The first-order chi connectivity index (χ1) is 16.9. The lowest BCUT2D eigenvalue weighted by Crippen LogP contribution is -2.33. The lowest BCUT2D eigenvalue weighted by Gasteiger charge is -2.20. The van der Waals surface area contributed by atoms with Crippen molar-refractivity contribution in [2.45, 2.75) is 49.7 Å². The second-order valence-corrected chi connectivity index (χ2v) is 9.81. The average Bonchev–Trinajstić information content (AvgIpc) is 3.02. The molecule has 14 heteroatoms. The van der Waals surface area contributed by atoms with Gasteiger partial charge in [0.1, 0.15) is 11.9 Å². The summed E-state index contributed by atoms with van der Waals surface area (Å²) >= 11 is 0. The Hall–Kier alpha value is -3.68. The molecule has 0 bridgehead atoms. The van der Waals surface area contributed by atoms with Crippen LogP contribution in [0.3, 0.4) is 0 Å². The maximum Gasteiger partial charge on any atom is 0.501 e. The van der Waals surface area contributed by atoms with Crippen molar-refractivity contribution in [2.75, 3.05) is 16.8 Å². The number of sulfone groups is 1. The number of carbonyl (C=O) groups excluding carboxylic acids is 3. The SMILES string of the molecule is CCCCOC(=O)Nc1cc(CN2C(=O)N(c3ccc(S(=O)(=O)C(F)(F)F)cc3)C(=O)C2C)ccn1. The fourth-order valence-corrected chi connectivity index (χ4v) is 4.11. The Morgan fingerprint density at radius 1 is 1.17 bits per heavy atom. The Kier molecular flexibility index (Phi) is 7.86. The highest BCUT2D eigenvalue weighted by Crippen LogP contribution is 2.32. The standard InChI is InChI=1S/C22H23F3N4O6S/c1-3-4-11-35-20(31)27-18-12-15(9-10-26-18)13-28-14(2)19(30)29(21(28)32)16-5-7-17(8-6-16)36(33,34)22(23,24)25/h5-10,12,14H,3-4,11,13H2,1-2H3,(H,26,27,31). The van der Waals surface area contributed by atoms with Crippen LogP contribution >= 0.6 is 0 Å². The highest BCUT2D eigenvalue weighted by atomic mass is 32.2. The van der Waals surface area contributed by atoms with Gasteiger partial charge in [-0.15, -0.1) is 0 Å². The molecule has 36 heavy (non-hydrogen) atoms. The molecule has 1 aromatic heterocycles. The number of nitrogens with zero attached hydrogens (tertiary/aromatic N) is 3. The second-order valence-electron chi connectivity index (χ2n) is 7.87. The summed E-state index contributed by atoms with van der Waals surface area (Å²) in [6, 6.07) is 4.72. The maximum absolute atomic E-state index is 13.0. The number of halogens is 3. The smallest absolute Gasteiger partial charge is 0.449 e. The predicted molar refractivity (Wildman–Crippen MR) is 122 cm³/mol. The maximum atomic E-state index is 13.0. The molecule has 1 fully saturated rings. The van der Waals surface area contributed by atoms with Crippen LogP contribution in [-0.4, -0.2) is 54.5 Å². The monoisotopic (exact) mass is 528 g/mol. The van der Waals surface area contributed by atoms with E-state index in [2.05, 4.69) is 10.3 Å². The van der Waals surface area contributed by atoms with E-state index in [0.29, 0.717) is 24.1 Å². The summed E-state index contributed by atoms with van der Waals surface area (Å²) in [5.41, 5.74) is -5.02. The van der Waals surface area contributed by atoms with Gasteiger partial charge < -0.3 is 9.64 Å². The lowest BCUT2D eigenvalue weighted by atomic mass is 10.2. The van der Waals surface area contributed by atoms with Crippen molar-refractivity contribution < 1.29 is 40.7 Å². The van der Waals surface area contributed by atoms with Gasteiger partial charge in [0, 0.05) is 12.7 Å². The number of imide groups is 1. The molecule has 1 unspecified atom stereocenters. The number of alkyl halides is 3. The highest BCUT2D eigenvalue weighted by Gasteiger charge is 2.47. The molecule has 2 aromatic rings. The summed E-state index contributed by atoms with van der Waals surface area (Å²) in [5.74, 6) is -0.462. The van der Waals surface area contributed by atoms with E-state index in [4.69, 9.17) is 4.74 Å². The molecule has 2 heterocycles. The van der Waals surface area contributed by atoms with E-state index in [0.717, 1.165) is 23.5 Å². The fourth-order valence-electron chi connectivity index (χ4n) is 3.35. The van der Waals surface area contributed by atoms with E-state index in [9.17, 15) is 36.0 Å². The number of rotatable bonds is 8. The van der Waals surface area contributed by atoms with Gasteiger partial charge in [-0.1, -0.05) is 13.3 Å². The molecule has 1 aliphatic heterocycles. The summed E-state index contributed by atoms with van der Waals surface area (Å²) in [6.45, 7) is 3.65. The quantitative estimate of drug-likeness (QED) is 0.404. The first kappa shape index (κ1) is 26.9. The van der Waals surface area contributed by atoms with Crippen molar-refractivity contribution in [1.29, 1.82) is 0 Å². The number of aromatic nitrogens is 1. The molecule has 0 radical (unpaired) electrons. The molecule has 194 valence electrons. The van der Waals surface area contributed by atoms with Crippen LogP contribution < -0.4 is 10.2 Å². The zero-order valence-corrected chi connectivity index (χ0v) is 20.1. The van der Waals surface area contributed by atoms with Gasteiger partial charge in [0.15, 0.2) is 0 Å². The third-order valence-corrected chi connectivity index (χ3v) is 6.83. The van der Waals surface area contributed by atoms with E-state index in [-0.39, 0.29) is 24.7 Å². The third-order valence-electron chi connectivity index (χ3n) is 5.33. The van der Waals surface area contributed by atoms with Crippen molar-refractivity contribution in [3.63, 3.8) is 0 Å². The van der Waals surface area contributed by atoms with E-state index in [1.54, 1.807) is 6.07 Å². The Morgan fingerprint density at radius 2 is 1.83 bits per heavy atom. The van der Waals surface area contributed by atoms with Gasteiger partial charge in [-0.05, 0) is 55.3 Å². The molecule has 4 amide bonds. The molecule has 0 saturated carbocycles. The van der Waals surface area contributed by atoms with Crippen LogP contribution in [0.5, 0.6) is 0 Å². The number of hydrogen-bond donors (Lipinski definition) is 1. The van der Waals surface area contributed by atoms with Gasteiger partial charge in [0.05, 0.1) is 17.2 Å². The Balaban J connectivity index is 1.74. The molecule has 0 aliphatic carbocycles. The van der Waals surface area contributed by atoms with Crippen molar-refractivity contribution in [1.82, 2.24) is 9.88 Å². The minimum atomic E-state index is -5.57. The number of urea groups is 1. The van der Waals surface area contributed by atoms with Crippen LogP contribution in [0.2, 0.25) is 0 Å². The molecule has 0 spiro atoms. The number of anilines is 2. The Labute approximate surface area is 205 Å². The van der Waals surface area contributed by atoms with Crippen LogP contribution in [0.1, 0.15) is 32.3 Å². The molecule has 3 rings (SSSR count). The number of hydrogen-bond acceptors (Lipinski definition) is 7. The second kappa shape index (κ2) is 10.5. The first-order valence-electron chi connectivity index (χ1n) is 10.8. The average molecular weight is 529 g/mol. The molecule has 1 saturated heterocycles. The largest absolute Gasteiger partial charge is 0.501 e. The van der Waals surface area contributed by atoms with Gasteiger partial charge in [-0.2, -0.15) is 13.2 Å². The minimum absolute atomic E-state index is 0.0368.